The first-order valence-electron chi connectivity index (χ1n) is 5.56. The molecule has 0 radical (unpaired) electrons. The Morgan fingerprint density at radius 2 is 2.06 bits per heavy atom. The molecule has 0 saturated heterocycles. The molecule has 0 atom stereocenters. The quantitative estimate of drug-likeness (QED) is 0.791. The molecule has 0 aliphatic heterocycles. The van der Waals surface area contributed by atoms with E-state index in [1.165, 1.54) is 17.8 Å². The summed E-state index contributed by atoms with van der Waals surface area (Å²) < 4.78 is 18.6. The highest BCUT2D eigenvalue weighted by atomic mass is 32.2. The van der Waals surface area contributed by atoms with Gasteiger partial charge in [-0.1, -0.05) is 0 Å². The van der Waals surface area contributed by atoms with Gasteiger partial charge < -0.3 is 10.5 Å². The predicted molar refractivity (Wildman–Crippen MR) is 71.2 cm³/mol. The molecule has 2 nitrogen and oxygen atoms in total. The summed E-state index contributed by atoms with van der Waals surface area (Å²) in [6.07, 6.45) is 1.56. The number of benzene rings is 1. The maximum atomic E-state index is 13.1. The van der Waals surface area contributed by atoms with Crippen LogP contribution in [0.5, 0.6) is 5.75 Å². The molecule has 1 aromatic carbocycles. The number of ether oxygens (including phenoxy) is 1. The van der Waals surface area contributed by atoms with Gasteiger partial charge in [0.05, 0.1) is 6.10 Å². The normalized spacial score (nSPS) is 11.9. The molecule has 0 saturated carbocycles. The minimum atomic E-state index is -0.181. The van der Waals surface area contributed by atoms with Gasteiger partial charge >= 0.3 is 0 Å². The highest BCUT2D eigenvalue weighted by Gasteiger charge is 2.00. The van der Waals surface area contributed by atoms with Gasteiger partial charge in [-0.2, -0.15) is 0 Å². The van der Waals surface area contributed by atoms with E-state index in [0.717, 1.165) is 10.6 Å². The molecule has 0 aliphatic carbocycles. The molecule has 1 aromatic rings. The lowest BCUT2D eigenvalue weighted by molar-refractivity contribution is 0.242. The molecule has 0 aliphatic rings. The number of hydrogen-bond donors (Lipinski definition) is 1. The fourth-order valence-corrected chi connectivity index (χ4v) is 1.98. The molecular formula is C13H18FNOS. The van der Waals surface area contributed by atoms with Crippen LogP contribution in [0.4, 0.5) is 4.39 Å². The largest absolute Gasteiger partial charge is 0.491 e. The molecule has 2 N–H and O–H groups in total. The van der Waals surface area contributed by atoms with Crippen molar-refractivity contribution < 1.29 is 9.13 Å². The average Bonchev–Trinajstić information content (AvgIpc) is 2.28. The van der Waals surface area contributed by atoms with Crippen LogP contribution in [0, 0.1) is 0 Å². The molecule has 0 fully saturated rings. The Labute approximate surface area is 106 Å². The van der Waals surface area contributed by atoms with Crippen molar-refractivity contribution >= 4 is 11.8 Å². The smallest absolute Gasteiger partial charge is 0.119 e. The Balaban J connectivity index is 2.48. The van der Waals surface area contributed by atoms with Crippen LogP contribution in [0.25, 0.3) is 0 Å². The summed E-state index contributed by atoms with van der Waals surface area (Å²) in [6, 6.07) is 7.65. The fraction of sp³-hybridized carbons (Fsp3) is 0.385. The van der Waals surface area contributed by atoms with E-state index in [9.17, 15) is 4.39 Å². The predicted octanol–water partition coefficient (Wildman–Crippen LogP) is 3.38. The van der Waals surface area contributed by atoms with Crippen LogP contribution in [0.3, 0.4) is 0 Å². The van der Waals surface area contributed by atoms with E-state index >= 15 is 0 Å². The molecule has 0 heterocycles. The van der Waals surface area contributed by atoms with Gasteiger partial charge in [-0.05, 0) is 44.2 Å². The molecule has 17 heavy (non-hydrogen) atoms. The number of hydrogen-bond acceptors (Lipinski definition) is 3. The zero-order valence-corrected chi connectivity index (χ0v) is 11.0. The zero-order chi connectivity index (χ0) is 12.7. The van der Waals surface area contributed by atoms with Crippen LogP contribution < -0.4 is 10.5 Å². The molecule has 94 valence electrons. The SMILES string of the molecule is CC(C)Oc1ccc(SCC(F)=CCN)cc1. The molecule has 0 unspecified atom stereocenters. The monoisotopic (exact) mass is 255 g/mol. The third-order valence-electron chi connectivity index (χ3n) is 1.91. The highest BCUT2D eigenvalue weighted by molar-refractivity contribution is 7.99. The van der Waals surface area contributed by atoms with Gasteiger partial charge in [0.15, 0.2) is 0 Å². The van der Waals surface area contributed by atoms with E-state index in [1.54, 1.807) is 0 Å². The van der Waals surface area contributed by atoms with Crippen LogP contribution in [0.1, 0.15) is 13.8 Å². The van der Waals surface area contributed by atoms with E-state index < -0.39 is 0 Å². The second-order valence-electron chi connectivity index (χ2n) is 3.81. The van der Waals surface area contributed by atoms with E-state index in [2.05, 4.69) is 0 Å². The summed E-state index contributed by atoms with van der Waals surface area (Å²) in [4.78, 5) is 1.02. The highest BCUT2D eigenvalue weighted by Crippen LogP contribution is 2.23. The first-order chi connectivity index (χ1) is 8.11. The van der Waals surface area contributed by atoms with Crippen molar-refractivity contribution in [3.8, 4) is 5.75 Å². The Morgan fingerprint density at radius 1 is 1.41 bits per heavy atom. The Morgan fingerprint density at radius 3 is 2.59 bits per heavy atom. The van der Waals surface area contributed by atoms with E-state index in [4.69, 9.17) is 10.5 Å². The molecule has 0 spiro atoms. The summed E-state index contributed by atoms with van der Waals surface area (Å²) in [6.45, 7) is 4.21. The molecule has 4 heteroatoms. The second kappa shape index (κ2) is 7.35. The van der Waals surface area contributed by atoms with Crippen LogP contribution in [0.15, 0.2) is 41.1 Å². The number of nitrogens with two attached hydrogens (primary N) is 1. The van der Waals surface area contributed by atoms with Crippen molar-refractivity contribution in [3.63, 3.8) is 0 Å². The van der Waals surface area contributed by atoms with Crippen molar-refractivity contribution in [1.82, 2.24) is 0 Å². The minimum absolute atomic E-state index is 0.165. The lowest BCUT2D eigenvalue weighted by Crippen LogP contribution is -2.05. The Hall–Kier alpha value is -1.00. The Bertz CT molecular complexity index is 362. The van der Waals surface area contributed by atoms with Crippen molar-refractivity contribution in [2.24, 2.45) is 5.73 Å². The van der Waals surface area contributed by atoms with Crippen LogP contribution in [0.2, 0.25) is 0 Å². The number of rotatable bonds is 6. The van der Waals surface area contributed by atoms with Crippen molar-refractivity contribution in [2.45, 2.75) is 24.8 Å². The molecule has 1 rings (SSSR count). The third-order valence-corrected chi connectivity index (χ3v) is 2.94. The summed E-state index contributed by atoms with van der Waals surface area (Å²) >= 11 is 1.44. The summed E-state index contributed by atoms with van der Waals surface area (Å²) in [5.41, 5.74) is 5.22. The van der Waals surface area contributed by atoms with Gasteiger partial charge in [0.2, 0.25) is 0 Å². The summed E-state index contributed by atoms with van der Waals surface area (Å²) in [7, 11) is 0. The van der Waals surface area contributed by atoms with Gasteiger partial charge in [-0.25, -0.2) is 4.39 Å². The standard InChI is InChI=1S/C13H18FNOS/c1-10(2)16-12-3-5-13(6-4-12)17-9-11(14)7-8-15/h3-7,10H,8-9,15H2,1-2H3. The van der Waals surface area contributed by atoms with Crippen molar-refractivity contribution in [3.05, 3.63) is 36.2 Å². The first kappa shape index (κ1) is 14.1. The number of halogens is 1. The van der Waals surface area contributed by atoms with Crippen LogP contribution in [-0.4, -0.2) is 18.4 Å². The minimum Gasteiger partial charge on any atom is -0.491 e. The summed E-state index contributed by atoms with van der Waals surface area (Å²) in [5.74, 6) is 0.976. The van der Waals surface area contributed by atoms with Gasteiger partial charge in [-0.3, -0.25) is 0 Å². The molecule has 0 aromatic heterocycles. The van der Waals surface area contributed by atoms with Crippen molar-refractivity contribution in [1.29, 1.82) is 0 Å². The maximum Gasteiger partial charge on any atom is 0.119 e. The van der Waals surface area contributed by atoms with Gasteiger partial charge in [0, 0.05) is 17.2 Å². The van der Waals surface area contributed by atoms with Crippen LogP contribution >= 0.6 is 11.8 Å². The zero-order valence-electron chi connectivity index (χ0n) is 10.2. The van der Waals surface area contributed by atoms with Gasteiger partial charge in [0.25, 0.3) is 0 Å². The number of thioether (sulfide) groups is 1. The Kier molecular flexibility index (Phi) is 6.08. The lowest BCUT2D eigenvalue weighted by atomic mass is 10.3. The molecular weight excluding hydrogens is 237 g/mol. The fourth-order valence-electron chi connectivity index (χ4n) is 1.23. The first-order valence-corrected chi connectivity index (χ1v) is 6.54. The maximum absolute atomic E-state index is 13.1. The van der Waals surface area contributed by atoms with Gasteiger partial charge in [-0.15, -0.1) is 11.8 Å². The van der Waals surface area contributed by atoms with Crippen LogP contribution in [-0.2, 0) is 0 Å². The third kappa shape index (κ3) is 5.75. The van der Waals surface area contributed by atoms with E-state index in [0.29, 0.717) is 5.75 Å². The molecule has 0 bridgehead atoms. The van der Waals surface area contributed by atoms with E-state index in [-0.39, 0.29) is 18.5 Å². The van der Waals surface area contributed by atoms with Crippen molar-refractivity contribution in [2.75, 3.05) is 12.3 Å². The van der Waals surface area contributed by atoms with Gasteiger partial charge in [0.1, 0.15) is 11.6 Å². The topological polar surface area (TPSA) is 35.2 Å². The second-order valence-corrected chi connectivity index (χ2v) is 4.86. The average molecular weight is 255 g/mol. The lowest BCUT2D eigenvalue weighted by Gasteiger charge is -2.09. The summed E-state index contributed by atoms with van der Waals surface area (Å²) in [5, 5.41) is 0. The molecule has 0 amide bonds. The van der Waals surface area contributed by atoms with E-state index in [1.807, 2.05) is 38.1 Å².